The minimum Gasteiger partial charge on any atom is -0.356 e. The molecule has 0 spiro atoms. The van der Waals surface area contributed by atoms with E-state index in [-0.39, 0.29) is 17.6 Å². The number of nitrogens with one attached hydrogen (secondary N) is 1. The van der Waals surface area contributed by atoms with Crippen molar-refractivity contribution in [1.82, 2.24) is 9.62 Å². The summed E-state index contributed by atoms with van der Waals surface area (Å²) in [4.78, 5) is 12.4. The number of hydrogen-bond donors (Lipinski definition) is 1. The maximum Gasteiger partial charge on any atom is 0.223 e. The van der Waals surface area contributed by atoms with Gasteiger partial charge in [-0.1, -0.05) is 47.5 Å². The highest BCUT2D eigenvalue weighted by Crippen LogP contribution is 2.22. The molecule has 0 atom stereocenters. The Morgan fingerprint density at radius 2 is 1.69 bits per heavy atom. The second kappa shape index (κ2) is 9.94. The molecule has 1 heterocycles. The molecule has 2 aromatic carbocycles. The van der Waals surface area contributed by atoms with Gasteiger partial charge in [-0.2, -0.15) is 0 Å². The molecule has 1 aliphatic heterocycles. The first kappa shape index (κ1) is 22.1. The summed E-state index contributed by atoms with van der Waals surface area (Å²) in [5.74, 6) is -0.241. The summed E-state index contributed by atoms with van der Waals surface area (Å²) in [6, 6.07) is 14.4. The Kier molecular flexibility index (Phi) is 7.57. The van der Waals surface area contributed by atoms with Crippen LogP contribution in [0.2, 0.25) is 10.0 Å². The van der Waals surface area contributed by atoms with Crippen LogP contribution < -0.4 is 5.32 Å². The first-order valence-corrected chi connectivity index (χ1v) is 11.9. The number of sulfonamides is 1. The molecule has 1 N–H and O–H groups in total. The number of piperidine rings is 1. The fraction of sp³-hybridized carbons (Fsp3) is 0.381. The molecule has 156 valence electrons. The van der Waals surface area contributed by atoms with Crippen molar-refractivity contribution < 1.29 is 13.2 Å². The van der Waals surface area contributed by atoms with Crippen LogP contribution in [0.25, 0.3) is 0 Å². The first-order valence-electron chi connectivity index (χ1n) is 9.58. The maximum absolute atomic E-state index is 12.7. The van der Waals surface area contributed by atoms with Crippen molar-refractivity contribution in [3.63, 3.8) is 0 Å². The van der Waals surface area contributed by atoms with Crippen LogP contribution in [0.5, 0.6) is 0 Å². The molecule has 1 saturated heterocycles. The minimum absolute atomic E-state index is 0.00847. The topological polar surface area (TPSA) is 66.5 Å². The highest BCUT2D eigenvalue weighted by molar-refractivity contribution is 7.88. The molecule has 0 bridgehead atoms. The van der Waals surface area contributed by atoms with E-state index in [1.807, 2.05) is 24.3 Å². The minimum atomic E-state index is -3.43. The SMILES string of the molecule is O=C(NCCc1ccc(Cl)cc1)C1CCN(S(=O)(=O)Cc2cccc(Cl)c2)CC1. The van der Waals surface area contributed by atoms with Crippen molar-refractivity contribution in [3.05, 3.63) is 69.7 Å². The Hall–Kier alpha value is -1.60. The van der Waals surface area contributed by atoms with E-state index in [1.54, 1.807) is 24.3 Å². The van der Waals surface area contributed by atoms with Crippen LogP contribution in [0.3, 0.4) is 0 Å². The molecule has 3 rings (SSSR count). The van der Waals surface area contributed by atoms with E-state index in [2.05, 4.69) is 5.32 Å². The van der Waals surface area contributed by atoms with Gasteiger partial charge in [-0.3, -0.25) is 4.79 Å². The summed E-state index contributed by atoms with van der Waals surface area (Å²) in [7, 11) is -3.43. The van der Waals surface area contributed by atoms with Crippen molar-refractivity contribution in [2.45, 2.75) is 25.0 Å². The molecule has 0 aromatic heterocycles. The second-order valence-corrected chi connectivity index (χ2v) is 10.1. The highest BCUT2D eigenvalue weighted by atomic mass is 35.5. The van der Waals surface area contributed by atoms with Crippen LogP contribution in [-0.2, 0) is 27.0 Å². The summed E-state index contributed by atoms with van der Waals surface area (Å²) in [6.45, 7) is 1.27. The van der Waals surface area contributed by atoms with E-state index in [4.69, 9.17) is 23.2 Å². The average molecular weight is 455 g/mol. The monoisotopic (exact) mass is 454 g/mol. The van der Waals surface area contributed by atoms with Crippen LogP contribution in [0.15, 0.2) is 48.5 Å². The Balaban J connectivity index is 1.45. The van der Waals surface area contributed by atoms with Crippen molar-refractivity contribution >= 4 is 39.1 Å². The van der Waals surface area contributed by atoms with E-state index in [9.17, 15) is 13.2 Å². The smallest absolute Gasteiger partial charge is 0.223 e. The standard InChI is InChI=1S/C21H24Cl2N2O3S/c22-19-6-4-16(5-7-19)8-11-24-21(26)18-9-12-25(13-10-18)29(27,28)15-17-2-1-3-20(23)14-17/h1-7,14,18H,8-13,15H2,(H,24,26). The fourth-order valence-corrected chi connectivity index (χ4v) is 5.34. The van der Waals surface area contributed by atoms with Crippen molar-refractivity contribution in [2.24, 2.45) is 5.92 Å². The Morgan fingerprint density at radius 1 is 1.00 bits per heavy atom. The van der Waals surface area contributed by atoms with Crippen LogP contribution in [0.4, 0.5) is 0 Å². The van der Waals surface area contributed by atoms with E-state index in [0.29, 0.717) is 48.1 Å². The lowest BCUT2D eigenvalue weighted by Crippen LogP contribution is -2.43. The van der Waals surface area contributed by atoms with Crippen molar-refractivity contribution in [3.8, 4) is 0 Å². The summed E-state index contributed by atoms with van der Waals surface area (Å²) in [6.07, 6.45) is 1.79. The largest absolute Gasteiger partial charge is 0.356 e. The van der Waals surface area contributed by atoms with Crippen LogP contribution >= 0.6 is 23.2 Å². The second-order valence-electron chi connectivity index (χ2n) is 7.23. The van der Waals surface area contributed by atoms with Gasteiger partial charge in [-0.25, -0.2) is 12.7 Å². The first-order chi connectivity index (χ1) is 13.8. The molecule has 0 unspecified atom stereocenters. The zero-order chi connectivity index (χ0) is 20.9. The molecular formula is C21H24Cl2N2O3S. The van der Waals surface area contributed by atoms with E-state index in [0.717, 1.165) is 12.0 Å². The number of nitrogens with zero attached hydrogens (tertiary/aromatic N) is 1. The lowest BCUT2D eigenvalue weighted by molar-refractivity contribution is -0.126. The summed E-state index contributed by atoms with van der Waals surface area (Å²) in [5.41, 5.74) is 1.77. The number of rotatable bonds is 7. The number of hydrogen-bond acceptors (Lipinski definition) is 3. The Bertz CT molecular complexity index is 941. The third kappa shape index (κ3) is 6.44. The molecule has 5 nitrogen and oxygen atoms in total. The normalized spacial score (nSPS) is 15.9. The zero-order valence-electron chi connectivity index (χ0n) is 16.0. The molecule has 0 saturated carbocycles. The molecule has 8 heteroatoms. The van der Waals surface area contributed by atoms with E-state index >= 15 is 0 Å². The third-order valence-corrected chi connectivity index (χ3v) is 7.42. The zero-order valence-corrected chi connectivity index (χ0v) is 18.3. The van der Waals surface area contributed by atoms with Gasteiger partial charge in [0.2, 0.25) is 15.9 Å². The maximum atomic E-state index is 12.7. The predicted molar refractivity (Wildman–Crippen MR) is 117 cm³/mol. The van der Waals surface area contributed by atoms with Crippen LogP contribution in [-0.4, -0.2) is 38.3 Å². The number of carbonyl (C=O) groups excluding carboxylic acids is 1. The molecule has 0 aliphatic carbocycles. The van der Waals surface area contributed by atoms with Gasteiger partial charge in [0.25, 0.3) is 0 Å². The molecule has 0 radical (unpaired) electrons. The number of amides is 1. The Labute approximate surface area is 182 Å². The summed E-state index contributed by atoms with van der Waals surface area (Å²) < 4.78 is 26.8. The lowest BCUT2D eigenvalue weighted by Gasteiger charge is -2.30. The van der Waals surface area contributed by atoms with Gasteiger partial charge in [0, 0.05) is 35.6 Å². The molecule has 1 aliphatic rings. The molecule has 1 fully saturated rings. The molecular weight excluding hydrogens is 431 g/mol. The summed E-state index contributed by atoms with van der Waals surface area (Å²) in [5, 5.41) is 4.17. The molecule has 29 heavy (non-hydrogen) atoms. The van der Waals surface area contributed by atoms with Gasteiger partial charge in [0.15, 0.2) is 0 Å². The van der Waals surface area contributed by atoms with Gasteiger partial charge in [0.05, 0.1) is 5.75 Å². The lowest BCUT2D eigenvalue weighted by atomic mass is 9.97. The van der Waals surface area contributed by atoms with Gasteiger partial charge in [-0.15, -0.1) is 0 Å². The van der Waals surface area contributed by atoms with E-state index < -0.39 is 10.0 Å². The van der Waals surface area contributed by atoms with Gasteiger partial charge in [-0.05, 0) is 54.7 Å². The molecule has 2 aromatic rings. The van der Waals surface area contributed by atoms with Crippen LogP contribution in [0.1, 0.15) is 24.0 Å². The highest BCUT2D eigenvalue weighted by Gasteiger charge is 2.31. The molecule has 1 amide bonds. The third-order valence-electron chi connectivity index (χ3n) is 5.08. The van der Waals surface area contributed by atoms with Crippen LogP contribution in [0, 0.1) is 5.92 Å². The van der Waals surface area contributed by atoms with Gasteiger partial charge in [0.1, 0.15) is 0 Å². The fourth-order valence-electron chi connectivity index (χ4n) is 3.45. The number of carbonyl (C=O) groups is 1. The Morgan fingerprint density at radius 3 is 2.34 bits per heavy atom. The predicted octanol–water partition coefficient (Wildman–Crippen LogP) is 3.89. The van der Waals surface area contributed by atoms with Crippen molar-refractivity contribution in [1.29, 1.82) is 0 Å². The van der Waals surface area contributed by atoms with Crippen molar-refractivity contribution in [2.75, 3.05) is 19.6 Å². The quantitative estimate of drug-likeness (QED) is 0.689. The van der Waals surface area contributed by atoms with Gasteiger partial charge >= 0.3 is 0 Å². The van der Waals surface area contributed by atoms with Gasteiger partial charge < -0.3 is 5.32 Å². The summed E-state index contributed by atoms with van der Waals surface area (Å²) >= 11 is 11.8. The van der Waals surface area contributed by atoms with E-state index in [1.165, 1.54) is 4.31 Å². The number of benzene rings is 2. The number of halogens is 2. The average Bonchev–Trinajstić information content (AvgIpc) is 2.69.